The summed E-state index contributed by atoms with van der Waals surface area (Å²) in [5, 5.41) is 0. The number of hydrogen-bond acceptors (Lipinski definition) is 4. The summed E-state index contributed by atoms with van der Waals surface area (Å²) in [6, 6.07) is 10.1. The van der Waals surface area contributed by atoms with Crippen LogP contribution >= 0.6 is 0 Å². The Hall–Kier alpha value is -2.54. The molecule has 3 rings (SSSR count). The Morgan fingerprint density at radius 2 is 1.81 bits per heavy atom. The van der Waals surface area contributed by atoms with Crippen molar-refractivity contribution < 1.29 is 17.9 Å². The first-order valence-electron chi connectivity index (χ1n) is 8.40. The number of methoxy groups -OCH3 is 1. The van der Waals surface area contributed by atoms with E-state index in [1.165, 1.54) is 0 Å². The van der Waals surface area contributed by atoms with E-state index in [-0.39, 0.29) is 10.8 Å². The monoisotopic (exact) mass is 374 g/mol. The molecule has 0 unspecified atom stereocenters. The summed E-state index contributed by atoms with van der Waals surface area (Å²) in [7, 11) is -2.18. The summed E-state index contributed by atoms with van der Waals surface area (Å²) < 4.78 is 33.4. The van der Waals surface area contributed by atoms with Crippen LogP contribution in [0.4, 0.5) is 11.4 Å². The van der Waals surface area contributed by atoms with E-state index in [4.69, 9.17) is 4.74 Å². The van der Waals surface area contributed by atoms with Gasteiger partial charge in [-0.15, -0.1) is 0 Å². The Labute approximate surface area is 153 Å². The van der Waals surface area contributed by atoms with Gasteiger partial charge in [-0.25, -0.2) is 8.42 Å². The van der Waals surface area contributed by atoms with Crippen LogP contribution in [0.5, 0.6) is 5.75 Å². The molecule has 0 radical (unpaired) electrons. The molecule has 2 aromatic carbocycles. The van der Waals surface area contributed by atoms with Crippen LogP contribution in [-0.2, 0) is 14.8 Å². The molecule has 0 spiro atoms. The fourth-order valence-electron chi connectivity index (χ4n) is 3.26. The number of benzene rings is 2. The van der Waals surface area contributed by atoms with Crippen LogP contribution in [0.2, 0.25) is 0 Å². The Morgan fingerprint density at radius 3 is 2.38 bits per heavy atom. The number of nitrogens with one attached hydrogen (secondary N) is 1. The quantitative estimate of drug-likeness (QED) is 0.872. The number of rotatable bonds is 5. The molecule has 0 aliphatic carbocycles. The lowest BCUT2D eigenvalue weighted by atomic mass is 10.1. The third-order valence-corrected chi connectivity index (χ3v) is 5.79. The van der Waals surface area contributed by atoms with Crippen molar-refractivity contribution in [2.75, 3.05) is 23.3 Å². The number of carbonyl (C=O) groups is 1. The topological polar surface area (TPSA) is 75.7 Å². The lowest BCUT2D eigenvalue weighted by Gasteiger charge is -2.17. The highest BCUT2D eigenvalue weighted by atomic mass is 32.2. The zero-order valence-electron chi connectivity index (χ0n) is 15.1. The first-order chi connectivity index (χ1) is 12.3. The molecule has 0 bridgehead atoms. The van der Waals surface area contributed by atoms with Gasteiger partial charge in [-0.1, -0.05) is 6.07 Å². The van der Waals surface area contributed by atoms with Crippen LogP contribution in [0.3, 0.4) is 0 Å². The number of nitrogens with zero attached hydrogens (tertiary/aromatic N) is 1. The maximum Gasteiger partial charge on any atom is 0.261 e. The first-order valence-corrected chi connectivity index (χ1v) is 9.88. The van der Waals surface area contributed by atoms with Crippen molar-refractivity contribution in [2.45, 2.75) is 31.6 Å². The molecule has 26 heavy (non-hydrogen) atoms. The molecule has 1 heterocycles. The number of aryl methyl sites for hydroxylation is 2. The highest BCUT2D eigenvalue weighted by Gasteiger charge is 2.23. The average molecular weight is 374 g/mol. The molecular weight excluding hydrogens is 352 g/mol. The maximum atomic E-state index is 12.8. The van der Waals surface area contributed by atoms with E-state index in [1.54, 1.807) is 42.3 Å². The van der Waals surface area contributed by atoms with Gasteiger partial charge in [0.25, 0.3) is 10.0 Å². The van der Waals surface area contributed by atoms with Crippen molar-refractivity contribution in [3.8, 4) is 5.75 Å². The first kappa shape index (κ1) is 18.3. The summed E-state index contributed by atoms with van der Waals surface area (Å²) in [5.74, 6) is 0.741. The van der Waals surface area contributed by atoms with Gasteiger partial charge < -0.3 is 9.64 Å². The molecule has 138 valence electrons. The van der Waals surface area contributed by atoms with Gasteiger partial charge in [0.05, 0.1) is 17.7 Å². The molecule has 6 nitrogen and oxygen atoms in total. The minimum absolute atomic E-state index is 0.0615. The molecule has 7 heteroatoms. The lowest BCUT2D eigenvalue weighted by molar-refractivity contribution is -0.117. The van der Waals surface area contributed by atoms with Gasteiger partial charge in [-0.05, 0) is 61.7 Å². The number of sulfonamides is 1. The largest absolute Gasteiger partial charge is 0.496 e. The van der Waals surface area contributed by atoms with E-state index in [0.717, 1.165) is 17.5 Å². The van der Waals surface area contributed by atoms with E-state index in [9.17, 15) is 13.2 Å². The third kappa shape index (κ3) is 3.53. The van der Waals surface area contributed by atoms with E-state index >= 15 is 0 Å². The number of hydrogen-bond donors (Lipinski definition) is 1. The van der Waals surface area contributed by atoms with E-state index in [2.05, 4.69) is 4.72 Å². The van der Waals surface area contributed by atoms with Crippen molar-refractivity contribution >= 4 is 27.3 Å². The summed E-state index contributed by atoms with van der Waals surface area (Å²) in [4.78, 5) is 13.8. The van der Waals surface area contributed by atoms with Gasteiger partial charge >= 0.3 is 0 Å². The summed E-state index contributed by atoms with van der Waals surface area (Å²) in [6.07, 6.45) is 1.35. The van der Waals surface area contributed by atoms with E-state index in [1.807, 2.05) is 19.9 Å². The Kier molecular flexibility index (Phi) is 4.91. The van der Waals surface area contributed by atoms with Gasteiger partial charge in [0, 0.05) is 18.7 Å². The van der Waals surface area contributed by atoms with Gasteiger partial charge in [0.2, 0.25) is 5.91 Å². The fraction of sp³-hybridized carbons (Fsp3) is 0.316. The van der Waals surface area contributed by atoms with Crippen molar-refractivity contribution in [3.63, 3.8) is 0 Å². The van der Waals surface area contributed by atoms with Crippen molar-refractivity contribution in [3.05, 3.63) is 47.5 Å². The maximum absolute atomic E-state index is 12.8. The third-order valence-electron chi connectivity index (χ3n) is 4.43. The molecule has 1 fully saturated rings. The van der Waals surface area contributed by atoms with Crippen molar-refractivity contribution in [1.82, 2.24) is 0 Å². The lowest BCUT2D eigenvalue weighted by Crippen LogP contribution is -2.23. The molecule has 2 aromatic rings. The second-order valence-electron chi connectivity index (χ2n) is 6.40. The van der Waals surface area contributed by atoms with Crippen LogP contribution in [0.25, 0.3) is 0 Å². The van der Waals surface area contributed by atoms with Crippen LogP contribution in [0.15, 0.2) is 41.3 Å². The van der Waals surface area contributed by atoms with Crippen LogP contribution in [0, 0.1) is 13.8 Å². The highest BCUT2D eigenvalue weighted by molar-refractivity contribution is 7.92. The van der Waals surface area contributed by atoms with Gasteiger partial charge in [0.1, 0.15) is 5.75 Å². The van der Waals surface area contributed by atoms with Crippen LogP contribution in [-0.4, -0.2) is 28.0 Å². The van der Waals surface area contributed by atoms with Gasteiger partial charge in [-0.2, -0.15) is 0 Å². The summed E-state index contributed by atoms with van der Waals surface area (Å²) in [6.45, 7) is 4.28. The van der Waals surface area contributed by atoms with E-state index < -0.39 is 10.0 Å². The molecule has 0 saturated carbocycles. The fourth-order valence-corrected chi connectivity index (χ4v) is 4.48. The second-order valence-corrected chi connectivity index (χ2v) is 8.08. The smallest absolute Gasteiger partial charge is 0.261 e. The normalized spacial score (nSPS) is 14.6. The summed E-state index contributed by atoms with van der Waals surface area (Å²) >= 11 is 0. The van der Waals surface area contributed by atoms with Crippen LogP contribution in [0.1, 0.15) is 24.0 Å². The number of anilines is 2. The molecule has 1 aliphatic heterocycles. The van der Waals surface area contributed by atoms with Crippen LogP contribution < -0.4 is 14.4 Å². The molecule has 1 saturated heterocycles. The zero-order valence-corrected chi connectivity index (χ0v) is 15.9. The highest BCUT2D eigenvalue weighted by Crippen LogP contribution is 2.29. The predicted octanol–water partition coefficient (Wildman–Crippen LogP) is 3.24. The molecule has 0 aromatic heterocycles. The molecule has 0 atom stereocenters. The SMILES string of the molecule is COc1c(C)cc(S(=O)(=O)Nc2cccc(N3CCCC3=O)c2)cc1C. The minimum Gasteiger partial charge on any atom is -0.496 e. The number of ether oxygens (including phenoxy) is 1. The van der Waals surface area contributed by atoms with E-state index in [0.29, 0.717) is 30.1 Å². The molecular formula is C19H22N2O4S. The Morgan fingerprint density at radius 1 is 1.12 bits per heavy atom. The Balaban J connectivity index is 1.90. The zero-order chi connectivity index (χ0) is 18.9. The minimum atomic E-state index is -3.75. The second kappa shape index (κ2) is 6.99. The predicted molar refractivity (Wildman–Crippen MR) is 101 cm³/mol. The van der Waals surface area contributed by atoms with Gasteiger partial charge in [0.15, 0.2) is 0 Å². The summed E-state index contributed by atoms with van der Waals surface area (Å²) in [5.41, 5.74) is 2.64. The average Bonchev–Trinajstić information content (AvgIpc) is 3.00. The molecule has 1 amide bonds. The number of amides is 1. The Bertz CT molecular complexity index is 931. The molecule has 1 aliphatic rings. The van der Waals surface area contributed by atoms with Crippen molar-refractivity contribution in [1.29, 1.82) is 0 Å². The van der Waals surface area contributed by atoms with Crippen molar-refractivity contribution in [2.24, 2.45) is 0 Å². The number of carbonyl (C=O) groups excluding carboxylic acids is 1. The standard InChI is InChI=1S/C19H22N2O4S/c1-13-10-17(11-14(2)19(13)25-3)26(23,24)20-15-6-4-7-16(12-15)21-9-5-8-18(21)22/h4,6-7,10-12,20H,5,8-9H2,1-3H3. The molecule has 1 N–H and O–H groups in total. The van der Waals surface area contributed by atoms with Gasteiger partial charge in [-0.3, -0.25) is 9.52 Å².